The molecule has 1 aliphatic heterocycles. The van der Waals surface area contributed by atoms with E-state index in [9.17, 15) is 0 Å². The first-order valence-electron chi connectivity index (χ1n) is 14.1. The summed E-state index contributed by atoms with van der Waals surface area (Å²) in [7, 11) is 0. The molecule has 2 aromatic carbocycles. The largest absolute Gasteiger partial charge is 0.497 e. The molecule has 5 rings (SSSR count). The van der Waals surface area contributed by atoms with Gasteiger partial charge < -0.3 is 9.47 Å². The molecule has 0 amide bonds. The summed E-state index contributed by atoms with van der Waals surface area (Å²) in [6.07, 6.45) is 15.6. The van der Waals surface area contributed by atoms with Gasteiger partial charge in [-0.15, -0.1) is 0 Å². The van der Waals surface area contributed by atoms with Gasteiger partial charge in [0.25, 0.3) is 0 Å². The molecule has 2 heteroatoms. The molecule has 186 valence electrons. The minimum Gasteiger partial charge on any atom is -0.497 e. The van der Waals surface area contributed by atoms with Gasteiger partial charge in [0.15, 0.2) is 0 Å². The molecule has 35 heavy (non-hydrogen) atoms. The Kier molecular flexibility index (Phi) is 7.66. The van der Waals surface area contributed by atoms with Crippen LogP contribution in [0.15, 0.2) is 65.5 Å². The Bertz CT molecular complexity index is 1130. The van der Waals surface area contributed by atoms with E-state index in [1.54, 1.807) is 0 Å². The second-order valence-corrected chi connectivity index (χ2v) is 10.8. The molecule has 0 saturated heterocycles. The van der Waals surface area contributed by atoms with Crippen molar-refractivity contribution in [2.75, 3.05) is 13.2 Å². The van der Waals surface area contributed by atoms with Gasteiger partial charge in [-0.3, -0.25) is 0 Å². The van der Waals surface area contributed by atoms with E-state index < -0.39 is 0 Å². The molecule has 2 aromatic rings. The van der Waals surface area contributed by atoms with Crippen molar-refractivity contribution in [3.8, 4) is 5.75 Å². The molecule has 2 nitrogen and oxygen atoms in total. The molecule has 1 fully saturated rings. The second-order valence-electron chi connectivity index (χ2n) is 10.8. The first-order chi connectivity index (χ1) is 17.2. The van der Waals surface area contributed by atoms with Crippen LogP contribution in [0, 0.1) is 17.8 Å². The van der Waals surface area contributed by atoms with Crippen LogP contribution >= 0.6 is 0 Å². The number of hydrogen-bond donors (Lipinski definition) is 0. The SMILES string of the molecule is CC=CC1=C(CC)C2=C(CC1)OCC(C1CCC(CCC)CC1)COc1ccc3ccccc3c12. The van der Waals surface area contributed by atoms with E-state index in [0.29, 0.717) is 11.8 Å². The van der Waals surface area contributed by atoms with Gasteiger partial charge in [-0.2, -0.15) is 0 Å². The van der Waals surface area contributed by atoms with E-state index in [-0.39, 0.29) is 0 Å². The minimum absolute atomic E-state index is 0.453. The van der Waals surface area contributed by atoms with Crippen LogP contribution < -0.4 is 4.74 Å². The average molecular weight is 471 g/mol. The fraction of sp³-hybridized carbons (Fsp3) is 0.515. The highest BCUT2D eigenvalue weighted by Crippen LogP contribution is 2.47. The van der Waals surface area contributed by atoms with Crippen molar-refractivity contribution in [3.05, 3.63) is 71.0 Å². The fourth-order valence-corrected chi connectivity index (χ4v) is 6.79. The zero-order valence-corrected chi connectivity index (χ0v) is 21.9. The predicted octanol–water partition coefficient (Wildman–Crippen LogP) is 9.26. The third-order valence-corrected chi connectivity index (χ3v) is 8.63. The summed E-state index contributed by atoms with van der Waals surface area (Å²) in [5.74, 6) is 4.30. The standard InChI is InChI=1S/C33H42O2/c1-4-9-23-13-15-24(16-14-23)27-21-34-30-19-17-25(10-5-2)28(6-3)32(30)33-29-12-8-7-11-26(29)18-20-31(33)35-22-27/h5,7-8,10-12,18,20,23-24,27H,4,6,9,13-17,19,21-22H2,1-3H3. The zero-order chi connectivity index (χ0) is 24.2. The van der Waals surface area contributed by atoms with Gasteiger partial charge in [0.1, 0.15) is 11.5 Å². The third-order valence-electron chi connectivity index (χ3n) is 8.63. The van der Waals surface area contributed by atoms with Crippen LogP contribution in [-0.2, 0) is 4.74 Å². The van der Waals surface area contributed by atoms with Crippen molar-refractivity contribution >= 4 is 16.3 Å². The van der Waals surface area contributed by atoms with Crippen LogP contribution in [0.1, 0.15) is 84.1 Å². The highest BCUT2D eigenvalue weighted by atomic mass is 16.5. The summed E-state index contributed by atoms with van der Waals surface area (Å²) in [6, 6.07) is 13.2. The summed E-state index contributed by atoms with van der Waals surface area (Å²) in [5.41, 5.74) is 5.40. The lowest BCUT2D eigenvalue weighted by Crippen LogP contribution is -2.29. The molecule has 1 unspecified atom stereocenters. The Balaban J connectivity index is 1.57. The topological polar surface area (TPSA) is 18.5 Å². The van der Waals surface area contributed by atoms with E-state index in [2.05, 4.69) is 69.3 Å². The smallest absolute Gasteiger partial charge is 0.127 e. The van der Waals surface area contributed by atoms with E-state index in [0.717, 1.165) is 44.1 Å². The van der Waals surface area contributed by atoms with Gasteiger partial charge in [0, 0.05) is 23.5 Å². The highest BCUT2D eigenvalue weighted by Gasteiger charge is 2.32. The van der Waals surface area contributed by atoms with Crippen molar-refractivity contribution in [2.45, 2.75) is 78.6 Å². The van der Waals surface area contributed by atoms with E-state index in [4.69, 9.17) is 9.47 Å². The molecule has 1 heterocycles. The molecular formula is C33H42O2. The van der Waals surface area contributed by atoms with E-state index >= 15 is 0 Å². The summed E-state index contributed by atoms with van der Waals surface area (Å²) < 4.78 is 13.6. The Morgan fingerprint density at radius 1 is 0.886 bits per heavy atom. The molecule has 0 aromatic heterocycles. The van der Waals surface area contributed by atoms with Gasteiger partial charge in [0.05, 0.1) is 13.2 Å². The number of fused-ring (bicyclic) bond motifs is 4. The van der Waals surface area contributed by atoms with Crippen LogP contribution in [0.2, 0.25) is 0 Å². The molecule has 1 atom stereocenters. The molecule has 1 saturated carbocycles. The summed E-state index contributed by atoms with van der Waals surface area (Å²) in [6.45, 7) is 8.26. The zero-order valence-electron chi connectivity index (χ0n) is 21.9. The fourth-order valence-electron chi connectivity index (χ4n) is 6.79. The number of allylic oxidation sites excluding steroid dienone is 6. The maximum Gasteiger partial charge on any atom is 0.127 e. The number of benzene rings is 2. The van der Waals surface area contributed by atoms with Crippen molar-refractivity contribution < 1.29 is 9.47 Å². The molecule has 0 bridgehead atoms. The highest BCUT2D eigenvalue weighted by molar-refractivity contribution is 6.01. The van der Waals surface area contributed by atoms with E-state index in [1.807, 2.05) is 0 Å². The number of rotatable bonds is 5. The van der Waals surface area contributed by atoms with Gasteiger partial charge in [-0.1, -0.05) is 82.0 Å². The van der Waals surface area contributed by atoms with Gasteiger partial charge >= 0.3 is 0 Å². The lowest BCUT2D eigenvalue weighted by atomic mass is 9.75. The van der Waals surface area contributed by atoms with Crippen LogP contribution in [-0.4, -0.2) is 13.2 Å². The van der Waals surface area contributed by atoms with Crippen LogP contribution in [0.5, 0.6) is 5.75 Å². The predicted molar refractivity (Wildman–Crippen MR) is 148 cm³/mol. The molecular weight excluding hydrogens is 428 g/mol. The summed E-state index contributed by atoms with van der Waals surface area (Å²) in [4.78, 5) is 0. The molecule has 0 N–H and O–H groups in total. The van der Waals surface area contributed by atoms with Crippen LogP contribution in [0.4, 0.5) is 0 Å². The Hall–Kier alpha value is -2.48. The lowest BCUT2D eigenvalue weighted by Gasteiger charge is -2.34. The van der Waals surface area contributed by atoms with Crippen molar-refractivity contribution in [1.82, 2.24) is 0 Å². The normalized spacial score (nSPS) is 25.4. The summed E-state index contributed by atoms with van der Waals surface area (Å²) in [5, 5.41) is 2.53. The molecule has 0 spiro atoms. The quantitative estimate of drug-likeness (QED) is 0.433. The maximum atomic E-state index is 6.81. The monoisotopic (exact) mass is 470 g/mol. The number of ether oxygens (including phenoxy) is 2. The first-order valence-corrected chi connectivity index (χ1v) is 14.1. The molecule has 2 aliphatic carbocycles. The Morgan fingerprint density at radius 2 is 1.69 bits per heavy atom. The molecule has 0 radical (unpaired) electrons. The maximum absolute atomic E-state index is 6.81. The van der Waals surface area contributed by atoms with Gasteiger partial charge in [0.2, 0.25) is 0 Å². The van der Waals surface area contributed by atoms with Crippen LogP contribution in [0.25, 0.3) is 16.3 Å². The van der Waals surface area contributed by atoms with E-state index in [1.165, 1.54) is 77.3 Å². The second kappa shape index (κ2) is 11.1. The summed E-state index contributed by atoms with van der Waals surface area (Å²) >= 11 is 0. The first kappa shape index (κ1) is 24.2. The van der Waals surface area contributed by atoms with Crippen molar-refractivity contribution in [1.29, 1.82) is 0 Å². The Morgan fingerprint density at radius 3 is 2.46 bits per heavy atom. The third kappa shape index (κ3) is 4.95. The van der Waals surface area contributed by atoms with Crippen molar-refractivity contribution in [2.24, 2.45) is 17.8 Å². The average Bonchev–Trinajstić information content (AvgIpc) is 2.97. The number of hydrogen-bond acceptors (Lipinski definition) is 2. The van der Waals surface area contributed by atoms with Gasteiger partial charge in [-0.05, 0) is 72.4 Å². The lowest BCUT2D eigenvalue weighted by molar-refractivity contribution is 0.0675. The van der Waals surface area contributed by atoms with Crippen molar-refractivity contribution in [3.63, 3.8) is 0 Å². The Labute approximate surface area is 212 Å². The van der Waals surface area contributed by atoms with Gasteiger partial charge in [-0.25, -0.2) is 0 Å². The van der Waals surface area contributed by atoms with Crippen LogP contribution in [0.3, 0.4) is 0 Å². The minimum atomic E-state index is 0.453. The molecule has 3 aliphatic rings.